The fourth-order valence-electron chi connectivity index (χ4n) is 1.43. The molecule has 0 saturated heterocycles. The van der Waals surface area contributed by atoms with E-state index < -0.39 is 0 Å². The molecule has 0 fully saturated rings. The van der Waals surface area contributed by atoms with Crippen molar-refractivity contribution in [1.82, 2.24) is 15.2 Å². The van der Waals surface area contributed by atoms with Crippen LogP contribution in [0.3, 0.4) is 0 Å². The van der Waals surface area contributed by atoms with Crippen LogP contribution in [-0.4, -0.2) is 43.6 Å². The average molecular weight is 207 g/mol. The van der Waals surface area contributed by atoms with Gasteiger partial charge in [-0.05, 0) is 64.3 Å². The van der Waals surface area contributed by atoms with Gasteiger partial charge in [0.2, 0.25) is 0 Å². The van der Waals surface area contributed by atoms with E-state index >= 15 is 0 Å². The summed E-state index contributed by atoms with van der Waals surface area (Å²) < 4.78 is 0. The molecule has 0 atom stereocenters. The summed E-state index contributed by atoms with van der Waals surface area (Å²) >= 11 is 0. The van der Waals surface area contributed by atoms with E-state index in [4.69, 9.17) is 0 Å². The van der Waals surface area contributed by atoms with E-state index in [1.807, 2.05) is 12.4 Å². The highest BCUT2D eigenvalue weighted by Gasteiger charge is 1.92. The van der Waals surface area contributed by atoms with Gasteiger partial charge < -0.3 is 10.2 Å². The molecule has 0 unspecified atom stereocenters. The van der Waals surface area contributed by atoms with Gasteiger partial charge in [0.25, 0.3) is 0 Å². The van der Waals surface area contributed by atoms with E-state index in [1.54, 1.807) is 0 Å². The van der Waals surface area contributed by atoms with Crippen molar-refractivity contribution in [3.63, 3.8) is 0 Å². The van der Waals surface area contributed by atoms with Crippen molar-refractivity contribution in [2.75, 3.05) is 33.7 Å². The molecule has 0 radical (unpaired) electrons. The number of pyridine rings is 1. The summed E-state index contributed by atoms with van der Waals surface area (Å²) in [5.74, 6) is 0. The van der Waals surface area contributed by atoms with Gasteiger partial charge in [-0.15, -0.1) is 0 Å². The summed E-state index contributed by atoms with van der Waals surface area (Å²) in [5, 5.41) is 3.44. The second kappa shape index (κ2) is 7.37. The Labute approximate surface area is 92.5 Å². The monoisotopic (exact) mass is 207 g/mol. The molecule has 1 rings (SSSR count). The normalized spacial score (nSPS) is 10.9. The molecule has 0 spiro atoms. The van der Waals surface area contributed by atoms with Crippen LogP contribution >= 0.6 is 0 Å². The van der Waals surface area contributed by atoms with Crippen LogP contribution in [0.15, 0.2) is 24.5 Å². The number of hydrogen-bond acceptors (Lipinski definition) is 3. The molecule has 0 aliphatic rings. The summed E-state index contributed by atoms with van der Waals surface area (Å²) in [7, 11) is 4.22. The average Bonchev–Trinajstić information content (AvgIpc) is 2.24. The van der Waals surface area contributed by atoms with E-state index in [9.17, 15) is 0 Å². The lowest BCUT2D eigenvalue weighted by Gasteiger charge is -2.09. The van der Waals surface area contributed by atoms with Crippen LogP contribution < -0.4 is 5.32 Å². The van der Waals surface area contributed by atoms with Crippen LogP contribution in [0.25, 0.3) is 0 Å². The zero-order valence-electron chi connectivity index (χ0n) is 9.74. The van der Waals surface area contributed by atoms with E-state index in [0.29, 0.717) is 0 Å². The minimum Gasteiger partial charge on any atom is -0.316 e. The Morgan fingerprint density at radius 2 is 1.93 bits per heavy atom. The summed E-state index contributed by atoms with van der Waals surface area (Å²) in [6.07, 6.45) is 6.00. The summed E-state index contributed by atoms with van der Waals surface area (Å²) in [5.41, 5.74) is 1.35. The van der Waals surface area contributed by atoms with Crippen LogP contribution in [0.1, 0.15) is 12.0 Å². The maximum absolute atomic E-state index is 4.00. The minimum absolute atomic E-state index is 1.05. The molecule has 3 heteroatoms. The number of hydrogen-bond donors (Lipinski definition) is 1. The van der Waals surface area contributed by atoms with Crippen LogP contribution in [0.5, 0.6) is 0 Å². The molecule has 0 amide bonds. The van der Waals surface area contributed by atoms with Gasteiger partial charge in [0.1, 0.15) is 0 Å². The second-order valence-corrected chi connectivity index (χ2v) is 4.01. The van der Waals surface area contributed by atoms with Crippen molar-refractivity contribution in [1.29, 1.82) is 0 Å². The third kappa shape index (κ3) is 6.20. The van der Waals surface area contributed by atoms with Crippen LogP contribution in [0, 0.1) is 0 Å². The molecule has 0 aromatic carbocycles. The first-order valence-electron chi connectivity index (χ1n) is 5.53. The van der Waals surface area contributed by atoms with Gasteiger partial charge in [0.15, 0.2) is 0 Å². The molecular weight excluding hydrogens is 186 g/mol. The smallest absolute Gasteiger partial charge is 0.0270 e. The lowest BCUT2D eigenvalue weighted by Crippen LogP contribution is -2.23. The molecular formula is C12H21N3. The zero-order valence-corrected chi connectivity index (χ0v) is 9.74. The van der Waals surface area contributed by atoms with E-state index in [0.717, 1.165) is 26.1 Å². The van der Waals surface area contributed by atoms with E-state index in [-0.39, 0.29) is 0 Å². The summed E-state index contributed by atoms with van der Waals surface area (Å²) in [6, 6.07) is 4.14. The highest BCUT2D eigenvalue weighted by molar-refractivity contribution is 5.09. The van der Waals surface area contributed by atoms with E-state index in [1.165, 1.54) is 12.0 Å². The third-order valence-electron chi connectivity index (χ3n) is 2.30. The molecule has 0 aliphatic carbocycles. The molecule has 0 aliphatic heterocycles. The molecule has 1 aromatic rings. The predicted octanol–water partition coefficient (Wildman–Crippen LogP) is 1.17. The Bertz CT molecular complexity index is 246. The maximum atomic E-state index is 4.00. The SMILES string of the molecule is CN(C)CCCNCCc1ccncc1. The van der Waals surface area contributed by atoms with Gasteiger partial charge in [-0.1, -0.05) is 0 Å². The van der Waals surface area contributed by atoms with Crippen molar-refractivity contribution in [3.05, 3.63) is 30.1 Å². The number of rotatable bonds is 7. The quantitative estimate of drug-likeness (QED) is 0.680. The Balaban J connectivity index is 1.98. The predicted molar refractivity (Wildman–Crippen MR) is 64.0 cm³/mol. The zero-order chi connectivity index (χ0) is 10.9. The van der Waals surface area contributed by atoms with Crippen LogP contribution in [0.4, 0.5) is 0 Å². The van der Waals surface area contributed by atoms with Gasteiger partial charge >= 0.3 is 0 Å². The van der Waals surface area contributed by atoms with Crippen molar-refractivity contribution in [2.45, 2.75) is 12.8 Å². The van der Waals surface area contributed by atoms with Gasteiger partial charge in [-0.25, -0.2) is 0 Å². The largest absolute Gasteiger partial charge is 0.316 e. The van der Waals surface area contributed by atoms with Gasteiger partial charge in [-0.2, -0.15) is 0 Å². The Hall–Kier alpha value is -0.930. The van der Waals surface area contributed by atoms with Crippen molar-refractivity contribution in [2.24, 2.45) is 0 Å². The first-order valence-corrected chi connectivity index (χ1v) is 5.53. The third-order valence-corrected chi connectivity index (χ3v) is 2.30. The Kier molecular flexibility index (Phi) is 5.97. The molecule has 15 heavy (non-hydrogen) atoms. The van der Waals surface area contributed by atoms with Crippen molar-refractivity contribution < 1.29 is 0 Å². The molecule has 84 valence electrons. The molecule has 0 saturated carbocycles. The maximum Gasteiger partial charge on any atom is 0.0270 e. The number of nitrogens with zero attached hydrogens (tertiary/aromatic N) is 2. The van der Waals surface area contributed by atoms with E-state index in [2.05, 4.69) is 41.4 Å². The second-order valence-electron chi connectivity index (χ2n) is 4.01. The van der Waals surface area contributed by atoms with Crippen molar-refractivity contribution >= 4 is 0 Å². The summed E-state index contributed by atoms with van der Waals surface area (Å²) in [4.78, 5) is 6.21. The van der Waals surface area contributed by atoms with Crippen LogP contribution in [0.2, 0.25) is 0 Å². The molecule has 1 heterocycles. The highest BCUT2D eigenvalue weighted by Crippen LogP contribution is 1.95. The molecule has 1 aromatic heterocycles. The number of nitrogens with one attached hydrogen (secondary N) is 1. The first kappa shape index (κ1) is 12.1. The lowest BCUT2D eigenvalue weighted by atomic mass is 10.2. The fourth-order valence-corrected chi connectivity index (χ4v) is 1.43. The van der Waals surface area contributed by atoms with Gasteiger partial charge in [0, 0.05) is 12.4 Å². The first-order chi connectivity index (χ1) is 7.29. The van der Waals surface area contributed by atoms with Crippen LogP contribution in [-0.2, 0) is 6.42 Å². The van der Waals surface area contributed by atoms with Gasteiger partial charge in [0.05, 0.1) is 0 Å². The minimum atomic E-state index is 1.05. The topological polar surface area (TPSA) is 28.2 Å². The van der Waals surface area contributed by atoms with Gasteiger partial charge in [-0.3, -0.25) is 4.98 Å². The summed E-state index contributed by atoms with van der Waals surface area (Å²) in [6.45, 7) is 3.31. The highest BCUT2D eigenvalue weighted by atomic mass is 15.0. The lowest BCUT2D eigenvalue weighted by molar-refractivity contribution is 0.395. The molecule has 0 bridgehead atoms. The Morgan fingerprint density at radius 1 is 1.20 bits per heavy atom. The Morgan fingerprint density at radius 3 is 2.60 bits per heavy atom. The fraction of sp³-hybridized carbons (Fsp3) is 0.583. The van der Waals surface area contributed by atoms with Crippen molar-refractivity contribution in [3.8, 4) is 0 Å². The molecule has 1 N–H and O–H groups in total. The number of aromatic nitrogens is 1. The molecule has 3 nitrogen and oxygen atoms in total. The standard InChI is InChI=1S/C12H21N3/c1-15(2)11-3-7-13-8-4-12-5-9-14-10-6-12/h5-6,9-10,13H,3-4,7-8,11H2,1-2H3.